The van der Waals surface area contributed by atoms with Gasteiger partial charge >= 0.3 is 0 Å². The van der Waals surface area contributed by atoms with Crippen LogP contribution in [-0.4, -0.2) is 20.1 Å². The number of hydrogen-bond acceptors (Lipinski definition) is 3. The van der Waals surface area contributed by atoms with Crippen molar-refractivity contribution in [2.75, 3.05) is 6.54 Å². The zero-order valence-electron chi connectivity index (χ0n) is 12.0. The summed E-state index contributed by atoms with van der Waals surface area (Å²) in [5, 5.41) is 8.94. The van der Waals surface area contributed by atoms with Gasteiger partial charge in [0, 0.05) is 6.54 Å². The van der Waals surface area contributed by atoms with Crippen LogP contribution in [0.4, 0.5) is 8.78 Å². The van der Waals surface area contributed by atoms with Crippen molar-refractivity contribution in [3.8, 4) is 0 Å². The van der Waals surface area contributed by atoms with Gasteiger partial charge in [-0.2, -0.15) is 0 Å². The van der Waals surface area contributed by atoms with Crippen LogP contribution in [-0.2, 0) is 16.6 Å². The van der Waals surface area contributed by atoms with E-state index in [4.69, 9.17) is 5.11 Å². The van der Waals surface area contributed by atoms with Crippen LogP contribution in [0.3, 0.4) is 0 Å². The van der Waals surface area contributed by atoms with Crippen molar-refractivity contribution in [2.24, 2.45) is 11.3 Å². The van der Waals surface area contributed by atoms with Crippen LogP contribution in [0.1, 0.15) is 32.3 Å². The molecule has 1 aliphatic carbocycles. The van der Waals surface area contributed by atoms with E-state index in [2.05, 4.69) is 4.72 Å². The second kappa shape index (κ2) is 5.62. The average molecular weight is 319 g/mol. The maximum atomic E-state index is 14.0. The third kappa shape index (κ3) is 3.09. The quantitative estimate of drug-likeness (QED) is 0.844. The number of aliphatic hydroxyl groups excluding tert-OH is 1. The lowest BCUT2D eigenvalue weighted by molar-refractivity contribution is 0.267. The van der Waals surface area contributed by atoms with Crippen molar-refractivity contribution in [3.63, 3.8) is 0 Å². The van der Waals surface area contributed by atoms with Gasteiger partial charge in [-0.1, -0.05) is 13.8 Å². The Balaban J connectivity index is 2.25. The van der Waals surface area contributed by atoms with Crippen LogP contribution in [0.15, 0.2) is 17.0 Å². The summed E-state index contributed by atoms with van der Waals surface area (Å²) in [6.45, 7) is 3.38. The molecule has 1 aromatic rings. The molecule has 0 aromatic heterocycles. The van der Waals surface area contributed by atoms with E-state index in [1.807, 2.05) is 13.8 Å². The third-order valence-corrected chi connectivity index (χ3v) is 5.75. The van der Waals surface area contributed by atoms with E-state index in [9.17, 15) is 17.2 Å². The Morgan fingerprint density at radius 1 is 1.33 bits per heavy atom. The monoisotopic (exact) mass is 319 g/mol. The fourth-order valence-corrected chi connectivity index (χ4v) is 3.60. The first-order valence-corrected chi connectivity index (χ1v) is 8.29. The topological polar surface area (TPSA) is 66.4 Å². The summed E-state index contributed by atoms with van der Waals surface area (Å²) in [5.41, 5.74) is -0.702. The summed E-state index contributed by atoms with van der Waals surface area (Å²) in [6.07, 6.45) is 1.86. The summed E-state index contributed by atoms with van der Waals surface area (Å²) >= 11 is 0. The first-order chi connectivity index (χ1) is 9.73. The van der Waals surface area contributed by atoms with E-state index in [0.29, 0.717) is 5.92 Å². The van der Waals surface area contributed by atoms with E-state index in [-0.39, 0.29) is 12.0 Å². The molecule has 118 valence electrons. The molecule has 0 atom stereocenters. The third-order valence-electron chi connectivity index (χ3n) is 4.33. The van der Waals surface area contributed by atoms with Gasteiger partial charge in [0.15, 0.2) is 5.82 Å². The van der Waals surface area contributed by atoms with E-state index in [1.54, 1.807) is 0 Å². The van der Waals surface area contributed by atoms with Crippen LogP contribution >= 0.6 is 0 Å². The molecule has 1 aliphatic rings. The van der Waals surface area contributed by atoms with Crippen LogP contribution < -0.4 is 4.72 Å². The van der Waals surface area contributed by atoms with Crippen LogP contribution in [0.25, 0.3) is 0 Å². The Kier molecular flexibility index (Phi) is 4.37. The number of sulfonamides is 1. The van der Waals surface area contributed by atoms with Gasteiger partial charge < -0.3 is 5.11 Å². The molecule has 1 aromatic carbocycles. The molecule has 2 N–H and O–H groups in total. The molecule has 0 aliphatic heterocycles. The van der Waals surface area contributed by atoms with Crippen LogP contribution in [0.2, 0.25) is 0 Å². The Morgan fingerprint density at radius 2 is 1.95 bits per heavy atom. The molecule has 21 heavy (non-hydrogen) atoms. The van der Waals surface area contributed by atoms with Gasteiger partial charge in [-0.15, -0.1) is 0 Å². The maximum Gasteiger partial charge on any atom is 0.243 e. The minimum Gasteiger partial charge on any atom is -0.391 e. The Labute approximate surface area is 123 Å². The molecule has 2 rings (SSSR count). The summed E-state index contributed by atoms with van der Waals surface area (Å²) in [6, 6.07) is 1.72. The van der Waals surface area contributed by atoms with E-state index < -0.39 is 38.7 Å². The highest BCUT2D eigenvalue weighted by Crippen LogP contribution is 2.51. The van der Waals surface area contributed by atoms with Gasteiger partial charge in [-0.25, -0.2) is 21.9 Å². The molecule has 0 heterocycles. The number of rotatable bonds is 6. The highest BCUT2D eigenvalue weighted by Gasteiger charge is 2.45. The molecule has 0 spiro atoms. The normalized spacial score (nSPS) is 17.2. The minimum absolute atomic E-state index is 0.0661. The number of hydrogen-bond donors (Lipinski definition) is 2. The fraction of sp³-hybridized carbons (Fsp3) is 0.571. The van der Waals surface area contributed by atoms with Crippen molar-refractivity contribution >= 4 is 10.0 Å². The fourth-order valence-electron chi connectivity index (χ4n) is 2.36. The second-order valence-corrected chi connectivity index (χ2v) is 7.57. The summed E-state index contributed by atoms with van der Waals surface area (Å²) in [7, 11) is -4.07. The predicted molar refractivity (Wildman–Crippen MR) is 74.0 cm³/mol. The summed E-state index contributed by atoms with van der Waals surface area (Å²) in [5.74, 6) is -1.87. The van der Waals surface area contributed by atoms with Crippen molar-refractivity contribution in [3.05, 3.63) is 29.3 Å². The number of aliphatic hydroxyl groups is 1. The molecule has 0 saturated heterocycles. The van der Waals surface area contributed by atoms with Crippen LogP contribution in [0, 0.1) is 23.0 Å². The van der Waals surface area contributed by atoms with Gasteiger partial charge in [0.25, 0.3) is 0 Å². The Morgan fingerprint density at radius 3 is 2.43 bits per heavy atom. The number of benzene rings is 1. The van der Waals surface area contributed by atoms with E-state index >= 15 is 0 Å². The first kappa shape index (κ1) is 16.3. The van der Waals surface area contributed by atoms with E-state index in [0.717, 1.165) is 25.0 Å². The predicted octanol–water partition coefficient (Wildman–Crippen LogP) is 2.17. The molecular weight excluding hydrogens is 300 g/mol. The number of nitrogens with one attached hydrogen (secondary N) is 1. The molecule has 4 nitrogen and oxygen atoms in total. The van der Waals surface area contributed by atoms with Crippen molar-refractivity contribution in [2.45, 2.75) is 38.2 Å². The first-order valence-electron chi connectivity index (χ1n) is 6.81. The van der Waals surface area contributed by atoms with Crippen molar-refractivity contribution < 1.29 is 22.3 Å². The molecular formula is C14H19F2NO3S. The lowest BCUT2D eigenvalue weighted by Gasteiger charge is -2.20. The lowest BCUT2D eigenvalue weighted by Crippen LogP contribution is -2.33. The average Bonchev–Trinajstić information content (AvgIpc) is 3.18. The Bertz CT molecular complexity index is 640. The van der Waals surface area contributed by atoms with Gasteiger partial charge in [0.1, 0.15) is 10.7 Å². The second-order valence-electron chi connectivity index (χ2n) is 5.84. The highest BCUT2D eigenvalue weighted by molar-refractivity contribution is 7.89. The number of halogens is 2. The molecule has 0 amide bonds. The smallest absolute Gasteiger partial charge is 0.243 e. The zero-order valence-corrected chi connectivity index (χ0v) is 12.8. The summed E-state index contributed by atoms with van der Waals surface area (Å²) in [4.78, 5) is -0.632. The molecule has 0 radical (unpaired) electrons. The molecule has 0 unspecified atom stereocenters. The van der Waals surface area contributed by atoms with Gasteiger partial charge in [0.05, 0.1) is 12.2 Å². The maximum absolute atomic E-state index is 14.0. The van der Waals surface area contributed by atoms with Crippen molar-refractivity contribution in [1.82, 2.24) is 4.72 Å². The van der Waals surface area contributed by atoms with Gasteiger partial charge in [-0.3, -0.25) is 0 Å². The summed E-state index contributed by atoms with van der Waals surface area (Å²) < 4.78 is 54.0. The standard InChI is InChI=1S/C14H19F2NO3S/c1-9(2)14(5-6-14)8-17-21(19,20)12-4-3-11(15)10(7-18)13(12)16/h3-4,9,17-18H,5-8H2,1-2H3. The van der Waals surface area contributed by atoms with Crippen LogP contribution in [0.5, 0.6) is 0 Å². The molecule has 0 bridgehead atoms. The van der Waals surface area contributed by atoms with Gasteiger partial charge in [0.2, 0.25) is 10.0 Å². The van der Waals surface area contributed by atoms with E-state index in [1.165, 1.54) is 0 Å². The van der Waals surface area contributed by atoms with Gasteiger partial charge in [-0.05, 0) is 36.3 Å². The molecule has 7 heteroatoms. The minimum atomic E-state index is -4.07. The SMILES string of the molecule is CC(C)C1(CNS(=O)(=O)c2ccc(F)c(CO)c2F)CC1. The molecule has 1 saturated carbocycles. The Hall–Kier alpha value is -1.05. The highest BCUT2D eigenvalue weighted by atomic mass is 32.2. The van der Waals surface area contributed by atoms with Crippen molar-refractivity contribution in [1.29, 1.82) is 0 Å². The molecule has 1 fully saturated rings. The zero-order chi connectivity index (χ0) is 15.8. The largest absolute Gasteiger partial charge is 0.391 e. The lowest BCUT2D eigenvalue weighted by atomic mass is 9.93.